The SMILES string of the molecule is CC(=O)OC[C@@H](CO)CCC/C(C)=C/COCc1ccccc1. The highest BCUT2D eigenvalue weighted by Crippen LogP contribution is 2.13. The van der Waals surface area contributed by atoms with Crippen molar-refractivity contribution < 1.29 is 19.4 Å². The van der Waals surface area contributed by atoms with Crippen LogP contribution in [0.25, 0.3) is 0 Å². The highest BCUT2D eigenvalue weighted by Gasteiger charge is 2.09. The maximum absolute atomic E-state index is 10.8. The number of carbonyl (C=O) groups excluding carboxylic acids is 1. The van der Waals surface area contributed by atoms with Crippen LogP contribution in [0.4, 0.5) is 0 Å². The number of rotatable bonds is 11. The Kier molecular flexibility index (Phi) is 10.00. The van der Waals surface area contributed by atoms with Gasteiger partial charge in [-0.1, -0.05) is 42.0 Å². The Morgan fingerprint density at radius 3 is 2.65 bits per heavy atom. The Bertz CT molecular complexity index is 468. The molecule has 4 heteroatoms. The number of hydrogen-bond donors (Lipinski definition) is 1. The second-order valence-electron chi connectivity index (χ2n) is 5.79. The lowest BCUT2D eigenvalue weighted by Crippen LogP contribution is -2.16. The van der Waals surface area contributed by atoms with E-state index in [0.717, 1.165) is 19.3 Å². The number of aliphatic hydroxyl groups excluding tert-OH is 1. The van der Waals surface area contributed by atoms with E-state index < -0.39 is 0 Å². The topological polar surface area (TPSA) is 55.8 Å². The molecule has 128 valence electrons. The maximum Gasteiger partial charge on any atom is 0.302 e. The van der Waals surface area contributed by atoms with Crippen LogP contribution < -0.4 is 0 Å². The third-order valence-corrected chi connectivity index (χ3v) is 3.63. The summed E-state index contributed by atoms with van der Waals surface area (Å²) in [5.74, 6) is -0.267. The van der Waals surface area contributed by atoms with Gasteiger partial charge in [0.15, 0.2) is 0 Å². The predicted octanol–water partition coefficient (Wildman–Crippen LogP) is 3.49. The van der Waals surface area contributed by atoms with Crippen molar-refractivity contribution in [2.45, 2.75) is 39.7 Å². The molecule has 23 heavy (non-hydrogen) atoms. The Morgan fingerprint density at radius 1 is 1.26 bits per heavy atom. The summed E-state index contributed by atoms with van der Waals surface area (Å²) in [5.41, 5.74) is 2.46. The molecule has 1 aromatic rings. The zero-order valence-corrected chi connectivity index (χ0v) is 14.2. The smallest absolute Gasteiger partial charge is 0.302 e. The molecule has 0 aliphatic heterocycles. The van der Waals surface area contributed by atoms with Crippen LogP contribution in [0.3, 0.4) is 0 Å². The number of allylic oxidation sites excluding steroid dienone is 1. The van der Waals surface area contributed by atoms with Crippen molar-refractivity contribution in [1.29, 1.82) is 0 Å². The molecule has 0 aromatic heterocycles. The zero-order chi connectivity index (χ0) is 16.9. The second kappa shape index (κ2) is 11.9. The van der Waals surface area contributed by atoms with Crippen LogP contribution in [-0.4, -0.2) is 30.9 Å². The third-order valence-electron chi connectivity index (χ3n) is 3.63. The Hall–Kier alpha value is -1.65. The number of esters is 1. The largest absolute Gasteiger partial charge is 0.465 e. The highest BCUT2D eigenvalue weighted by atomic mass is 16.5. The fourth-order valence-electron chi connectivity index (χ4n) is 2.19. The normalized spacial score (nSPS) is 12.9. The van der Waals surface area contributed by atoms with Gasteiger partial charge in [0.2, 0.25) is 0 Å². The van der Waals surface area contributed by atoms with E-state index in [2.05, 4.69) is 25.1 Å². The molecule has 0 aliphatic carbocycles. The Morgan fingerprint density at radius 2 is 2.00 bits per heavy atom. The molecule has 0 heterocycles. The lowest BCUT2D eigenvalue weighted by molar-refractivity contribution is -0.142. The number of ether oxygens (including phenoxy) is 2. The maximum atomic E-state index is 10.8. The molecular formula is C19H28O4. The fraction of sp³-hybridized carbons (Fsp3) is 0.526. The van der Waals surface area contributed by atoms with Gasteiger partial charge in [0.05, 0.1) is 19.8 Å². The van der Waals surface area contributed by atoms with Crippen molar-refractivity contribution in [3.63, 3.8) is 0 Å². The summed E-state index contributed by atoms with van der Waals surface area (Å²) >= 11 is 0. The minimum Gasteiger partial charge on any atom is -0.465 e. The summed E-state index contributed by atoms with van der Waals surface area (Å²) in [7, 11) is 0. The molecule has 0 saturated carbocycles. The van der Waals surface area contributed by atoms with E-state index in [-0.39, 0.29) is 18.5 Å². The lowest BCUT2D eigenvalue weighted by atomic mass is 10.0. The van der Waals surface area contributed by atoms with Crippen molar-refractivity contribution in [3.05, 3.63) is 47.5 Å². The van der Waals surface area contributed by atoms with Crippen molar-refractivity contribution in [1.82, 2.24) is 0 Å². The van der Waals surface area contributed by atoms with Crippen molar-refractivity contribution in [2.75, 3.05) is 19.8 Å². The first kappa shape index (κ1) is 19.4. The van der Waals surface area contributed by atoms with Crippen LogP contribution in [-0.2, 0) is 20.9 Å². The van der Waals surface area contributed by atoms with E-state index in [1.165, 1.54) is 18.1 Å². The van der Waals surface area contributed by atoms with Crippen molar-refractivity contribution in [2.24, 2.45) is 5.92 Å². The molecule has 0 bridgehead atoms. The quantitative estimate of drug-likeness (QED) is 0.385. The van der Waals surface area contributed by atoms with Crippen LogP contribution in [0.5, 0.6) is 0 Å². The number of benzene rings is 1. The van der Waals surface area contributed by atoms with Gasteiger partial charge < -0.3 is 14.6 Å². The van der Waals surface area contributed by atoms with Gasteiger partial charge in [-0.05, 0) is 31.7 Å². The van der Waals surface area contributed by atoms with Gasteiger partial charge in [-0.3, -0.25) is 4.79 Å². The molecule has 0 amide bonds. The van der Waals surface area contributed by atoms with Crippen LogP contribution in [0.1, 0.15) is 38.7 Å². The van der Waals surface area contributed by atoms with Crippen LogP contribution >= 0.6 is 0 Å². The van der Waals surface area contributed by atoms with Gasteiger partial charge in [0.1, 0.15) is 0 Å². The molecular weight excluding hydrogens is 292 g/mol. The molecule has 0 fully saturated rings. The average molecular weight is 320 g/mol. The standard InChI is InChI=1S/C19H28O4/c1-16(7-6-10-19(13-20)15-23-17(2)21)11-12-22-14-18-8-4-3-5-9-18/h3-5,8-9,11,19-20H,6-7,10,12-15H2,1-2H3/b16-11+/t19-/m1/s1. The molecule has 1 N–H and O–H groups in total. The molecule has 1 rings (SSSR count). The lowest BCUT2D eigenvalue weighted by Gasteiger charge is -2.13. The first-order valence-electron chi connectivity index (χ1n) is 8.13. The number of aliphatic hydroxyl groups is 1. The Balaban J connectivity index is 2.14. The average Bonchev–Trinajstić information content (AvgIpc) is 2.55. The van der Waals surface area contributed by atoms with Crippen LogP contribution in [0.2, 0.25) is 0 Å². The van der Waals surface area contributed by atoms with Gasteiger partial charge in [-0.15, -0.1) is 0 Å². The van der Waals surface area contributed by atoms with Gasteiger partial charge >= 0.3 is 5.97 Å². The van der Waals surface area contributed by atoms with E-state index in [0.29, 0.717) is 19.8 Å². The summed E-state index contributed by atoms with van der Waals surface area (Å²) in [6.07, 6.45) is 4.88. The summed E-state index contributed by atoms with van der Waals surface area (Å²) in [4.78, 5) is 10.8. The van der Waals surface area contributed by atoms with E-state index in [1.54, 1.807) is 0 Å². The van der Waals surface area contributed by atoms with E-state index in [1.807, 2.05) is 18.2 Å². The van der Waals surface area contributed by atoms with E-state index in [9.17, 15) is 9.90 Å². The van der Waals surface area contributed by atoms with Crippen molar-refractivity contribution >= 4 is 5.97 Å². The van der Waals surface area contributed by atoms with Crippen LogP contribution in [0, 0.1) is 5.92 Å². The molecule has 4 nitrogen and oxygen atoms in total. The highest BCUT2D eigenvalue weighted by molar-refractivity contribution is 5.65. The molecule has 0 saturated heterocycles. The summed E-state index contributed by atoms with van der Waals surface area (Å²) in [6.45, 7) is 5.06. The third kappa shape index (κ3) is 9.87. The van der Waals surface area contributed by atoms with Crippen molar-refractivity contribution in [3.8, 4) is 0 Å². The Labute approximate surface area is 139 Å². The predicted molar refractivity (Wildman–Crippen MR) is 90.9 cm³/mol. The van der Waals surface area contributed by atoms with Gasteiger partial charge in [-0.2, -0.15) is 0 Å². The monoisotopic (exact) mass is 320 g/mol. The number of hydrogen-bond acceptors (Lipinski definition) is 4. The molecule has 1 atom stereocenters. The summed E-state index contributed by atoms with van der Waals surface area (Å²) < 4.78 is 10.6. The molecule has 0 radical (unpaired) electrons. The minimum absolute atomic E-state index is 0.0287. The second-order valence-corrected chi connectivity index (χ2v) is 5.79. The van der Waals surface area contributed by atoms with Crippen LogP contribution in [0.15, 0.2) is 42.0 Å². The zero-order valence-electron chi connectivity index (χ0n) is 14.2. The molecule has 1 aromatic carbocycles. The minimum atomic E-state index is -0.296. The number of carbonyl (C=O) groups is 1. The van der Waals surface area contributed by atoms with Gasteiger partial charge in [0, 0.05) is 19.4 Å². The first-order valence-corrected chi connectivity index (χ1v) is 8.13. The van der Waals surface area contributed by atoms with E-state index in [4.69, 9.17) is 9.47 Å². The van der Waals surface area contributed by atoms with Gasteiger partial charge in [0.25, 0.3) is 0 Å². The molecule has 0 aliphatic rings. The van der Waals surface area contributed by atoms with Gasteiger partial charge in [-0.25, -0.2) is 0 Å². The fourth-order valence-corrected chi connectivity index (χ4v) is 2.19. The molecule has 0 spiro atoms. The summed E-state index contributed by atoms with van der Waals surface area (Å²) in [6, 6.07) is 10.1. The molecule has 0 unspecified atom stereocenters. The first-order chi connectivity index (χ1) is 11.1. The van der Waals surface area contributed by atoms with E-state index >= 15 is 0 Å². The summed E-state index contributed by atoms with van der Waals surface area (Å²) in [5, 5.41) is 9.26.